The summed E-state index contributed by atoms with van der Waals surface area (Å²) in [6.07, 6.45) is 2.31. The molecule has 4 rings (SSSR count). The number of hydrogen-bond acceptors (Lipinski definition) is 2. The minimum atomic E-state index is -0.167. The second-order valence-corrected chi connectivity index (χ2v) is 6.85. The highest BCUT2D eigenvalue weighted by molar-refractivity contribution is 5.52. The Labute approximate surface area is 132 Å². The normalized spacial score (nSPS) is 25.7. The predicted octanol–water partition coefficient (Wildman–Crippen LogP) is 3.55. The summed E-state index contributed by atoms with van der Waals surface area (Å²) in [5.74, 6) is 0.573. The summed E-state index contributed by atoms with van der Waals surface area (Å²) in [6, 6.07) is 17.8. The SMILES string of the molecule is CN(C)CCC1Cc2ccccc2C2(CO2)c2ccccc21. The maximum atomic E-state index is 6.03. The Kier molecular flexibility index (Phi) is 3.32. The lowest BCUT2D eigenvalue weighted by atomic mass is 9.86. The lowest BCUT2D eigenvalue weighted by Gasteiger charge is -2.21. The number of ether oxygens (including phenoxy) is 1. The minimum Gasteiger partial charge on any atom is -0.359 e. The summed E-state index contributed by atoms with van der Waals surface area (Å²) < 4.78 is 6.03. The third kappa shape index (κ3) is 2.18. The molecule has 2 aromatic carbocycles. The van der Waals surface area contributed by atoms with E-state index in [1.54, 1.807) is 0 Å². The van der Waals surface area contributed by atoms with E-state index >= 15 is 0 Å². The maximum absolute atomic E-state index is 6.03. The van der Waals surface area contributed by atoms with E-state index in [-0.39, 0.29) is 5.60 Å². The van der Waals surface area contributed by atoms with Gasteiger partial charge in [-0.2, -0.15) is 0 Å². The van der Waals surface area contributed by atoms with Crippen molar-refractivity contribution in [3.63, 3.8) is 0 Å². The molecule has 22 heavy (non-hydrogen) atoms. The van der Waals surface area contributed by atoms with E-state index in [1.165, 1.54) is 28.7 Å². The molecule has 2 atom stereocenters. The van der Waals surface area contributed by atoms with Crippen LogP contribution in [0.5, 0.6) is 0 Å². The van der Waals surface area contributed by atoms with Crippen LogP contribution in [-0.4, -0.2) is 32.1 Å². The van der Waals surface area contributed by atoms with E-state index in [0.29, 0.717) is 5.92 Å². The zero-order valence-electron chi connectivity index (χ0n) is 13.4. The molecule has 1 aliphatic heterocycles. The van der Waals surface area contributed by atoms with Crippen molar-refractivity contribution < 1.29 is 4.74 Å². The van der Waals surface area contributed by atoms with Crippen LogP contribution in [0.3, 0.4) is 0 Å². The van der Waals surface area contributed by atoms with E-state index in [4.69, 9.17) is 4.74 Å². The van der Waals surface area contributed by atoms with Crippen LogP contribution in [-0.2, 0) is 16.8 Å². The fourth-order valence-electron chi connectivity index (χ4n) is 3.89. The van der Waals surface area contributed by atoms with Crippen LogP contribution < -0.4 is 0 Å². The monoisotopic (exact) mass is 293 g/mol. The van der Waals surface area contributed by atoms with Gasteiger partial charge in [0.25, 0.3) is 0 Å². The highest BCUT2D eigenvalue weighted by atomic mass is 16.6. The molecule has 2 unspecified atom stereocenters. The van der Waals surface area contributed by atoms with Crippen molar-refractivity contribution in [1.29, 1.82) is 0 Å². The molecule has 0 bridgehead atoms. The van der Waals surface area contributed by atoms with Crippen LogP contribution in [0, 0.1) is 0 Å². The lowest BCUT2D eigenvalue weighted by Crippen LogP contribution is -2.17. The van der Waals surface area contributed by atoms with E-state index in [0.717, 1.165) is 19.6 Å². The van der Waals surface area contributed by atoms with Gasteiger partial charge in [0.2, 0.25) is 0 Å². The van der Waals surface area contributed by atoms with Crippen molar-refractivity contribution in [2.75, 3.05) is 27.2 Å². The highest BCUT2D eigenvalue weighted by Gasteiger charge is 2.52. The largest absolute Gasteiger partial charge is 0.359 e. The molecule has 0 amide bonds. The third-order valence-electron chi connectivity index (χ3n) is 5.11. The Morgan fingerprint density at radius 1 is 1.05 bits per heavy atom. The molecule has 1 aliphatic carbocycles. The minimum absolute atomic E-state index is 0.167. The molecule has 0 N–H and O–H groups in total. The Bertz CT molecular complexity index is 688. The summed E-state index contributed by atoms with van der Waals surface area (Å²) in [5.41, 5.74) is 5.55. The molecule has 2 aliphatic rings. The molecule has 2 heteroatoms. The molecule has 0 saturated carbocycles. The average Bonchev–Trinajstić information content (AvgIpc) is 3.34. The molecule has 1 spiro atoms. The van der Waals surface area contributed by atoms with Gasteiger partial charge in [-0.1, -0.05) is 48.5 Å². The Hall–Kier alpha value is -1.64. The van der Waals surface area contributed by atoms with Crippen LogP contribution in [0.2, 0.25) is 0 Å². The quantitative estimate of drug-likeness (QED) is 0.804. The first-order chi connectivity index (χ1) is 10.7. The Morgan fingerprint density at radius 3 is 2.45 bits per heavy atom. The molecule has 114 valence electrons. The lowest BCUT2D eigenvalue weighted by molar-refractivity contribution is 0.347. The van der Waals surface area contributed by atoms with Gasteiger partial charge in [-0.25, -0.2) is 0 Å². The van der Waals surface area contributed by atoms with Crippen molar-refractivity contribution in [3.05, 3.63) is 70.8 Å². The smallest absolute Gasteiger partial charge is 0.142 e. The molecule has 2 aromatic rings. The number of benzene rings is 2. The van der Waals surface area contributed by atoms with Crippen molar-refractivity contribution >= 4 is 0 Å². The summed E-state index contributed by atoms with van der Waals surface area (Å²) in [7, 11) is 4.31. The summed E-state index contributed by atoms with van der Waals surface area (Å²) >= 11 is 0. The summed E-state index contributed by atoms with van der Waals surface area (Å²) in [6.45, 7) is 1.94. The van der Waals surface area contributed by atoms with Gasteiger partial charge in [0.1, 0.15) is 5.60 Å². The van der Waals surface area contributed by atoms with E-state index < -0.39 is 0 Å². The fraction of sp³-hybridized carbons (Fsp3) is 0.400. The van der Waals surface area contributed by atoms with Crippen molar-refractivity contribution in [3.8, 4) is 0 Å². The number of rotatable bonds is 3. The van der Waals surface area contributed by atoms with Gasteiger partial charge < -0.3 is 9.64 Å². The van der Waals surface area contributed by atoms with Crippen molar-refractivity contribution in [1.82, 2.24) is 4.90 Å². The van der Waals surface area contributed by atoms with Gasteiger partial charge >= 0.3 is 0 Å². The molecular formula is C20H23NO. The topological polar surface area (TPSA) is 15.8 Å². The molecule has 1 heterocycles. The summed E-state index contributed by atoms with van der Waals surface area (Å²) in [5, 5.41) is 0. The first-order valence-electron chi connectivity index (χ1n) is 8.17. The first-order valence-corrected chi connectivity index (χ1v) is 8.17. The van der Waals surface area contributed by atoms with Gasteiger partial charge in [0.15, 0.2) is 0 Å². The number of nitrogens with zero attached hydrogens (tertiary/aromatic N) is 1. The molecule has 2 nitrogen and oxygen atoms in total. The van der Waals surface area contributed by atoms with E-state index in [2.05, 4.69) is 67.5 Å². The first kappa shape index (κ1) is 14.0. The zero-order valence-corrected chi connectivity index (χ0v) is 13.4. The molecule has 1 saturated heterocycles. The van der Waals surface area contributed by atoms with Crippen molar-refractivity contribution in [2.24, 2.45) is 0 Å². The second kappa shape index (κ2) is 5.22. The molecule has 1 fully saturated rings. The number of fused-ring (bicyclic) bond motifs is 4. The van der Waals surface area contributed by atoms with E-state index in [1.807, 2.05) is 0 Å². The van der Waals surface area contributed by atoms with Gasteiger partial charge in [-0.05, 0) is 61.7 Å². The Morgan fingerprint density at radius 2 is 1.73 bits per heavy atom. The fourth-order valence-corrected chi connectivity index (χ4v) is 3.89. The molecule has 0 radical (unpaired) electrons. The maximum Gasteiger partial charge on any atom is 0.142 e. The van der Waals surface area contributed by atoms with Gasteiger partial charge in [0, 0.05) is 0 Å². The van der Waals surface area contributed by atoms with Crippen LogP contribution in [0.15, 0.2) is 48.5 Å². The van der Waals surface area contributed by atoms with E-state index in [9.17, 15) is 0 Å². The number of hydrogen-bond donors (Lipinski definition) is 0. The van der Waals surface area contributed by atoms with Crippen molar-refractivity contribution in [2.45, 2.75) is 24.4 Å². The van der Waals surface area contributed by atoms with Gasteiger partial charge in [0.05, 0.1) is 6.61 Å². The van der Waals surface area contributed by atoms with Crippen LogP contribution in [0.4, 0.5) is 0 Å². The van der Waals surface area contributed by atoms with Gasteiger partial charge in [-0.15, -0.1) is 0 Å². The molecule has 0 aromatic heterocycles. The highest BCUT2D eigenvalue weighted by Crippen LogP contribution is 2.52. The number of epoxide rings is 1. The van der Waals surface area contributed by atoms with Crippen LogP contribution in [0.1, 0.15) is 34.6 Å². The Balaban J connectivity index is 1.83. The third-order valence-corrected chi connectivity index (χ3v) is 5.11. The second-order valence-electron chi connectivity index (χ2n) is 6.85. The zero-order chi connectivity index (χ0) is 15.2. The van der Waals surface area contributed by atoms with Crippen LogP contribution >= 0.6 is 0 Å². The summed E-state index contributed by atoms with van der Waals surface area (Å²) in [4.78, 5) is 2.28. The standard InChI is InChI=1S/C20H23NO/c1-21(2)12-11-15-13-16-7-3-5-9-18(16)20(14-22-20)19-10-6-4-8-17(15)19/h3-10,15H,11-14H2,1-2H3. The van der Waals surface area contributed by atoms with Crippen LogP contribution in [0.25, 0.3) is 0 Å². The van der Waals surface area contributed by atoms with Gasteiger partial charge in [-0.3, -0.25) is 0 Å². The average molecular weight is 293 g/mol. The molecular weight excluding hydrogens is 270 g/mol. The predicted molar refractivity (Wildman–Crippen MR) is 89.2 cm³/mol.